The van der Waals surface area contributed by atoms with E-state index in [2.05, 4.69) is 0 Å². The van der Waals surface area contributed by atoms with Gasteiger partial charge in [-0.1, -0.05) is 19.9 Å². The van der Waals surface area contributed by atoms with Crippen molar-refractivity contribution in [2.75, 3.05) is 25.0 Å². The molecule has 0 atom stereocenters. The van der Waals surface area contributed by atoms with Gasteiger partial charge in [0.2, 0.25) is 0 Å². The second kappa shape index (κ2) is 4.35. The van der Waals surface area contributed by atoms with E-state index in [4.69, 9.17) is 0 Å². The second-order valence-corrected chi connectivity index (χ2v) is 4.72. The average Bonchev–Trinajstić information content (AvgIpc) is 2.59. The fourth-order valence-corrected chi connectivity index (χ4v) is 2.04. The van der Waals surface area contributed by atoms with Crippen LogP contribution in [0, 0.1) is 5.82 Å². The number of carbonyl (C=O) groups is 1. The van der Waals surface area contributed by atoms with Crippen LogP contribution in [0.2, 0.25) is 0 Å². The van der Waals surface area contributed by atoms with Crippen molar-refractivity contribution < 1.29 is 9.18 Å². The van der Waals surface area contributed by atoms with Crippen molar-refractivity contribution in [3.63, 3.8) is 0 Å². The van der Waals surface area contributed by atoms with Gasteiger partial charge in [-0.25, -0.2) is 9.18 Å². The zero-order valence-corrected chi connectivity index (χ0v) is 10.4. The van der Waals surface area contributed by atoms with Gasteiger partial charge < -0.3 is 4.90 Å². The molecule has 1 aliphatic heterocycles. The van der Waals surface area contributed by atoms with E-state index in [1.807, 2.05) is 19.9 Å². The van der Waals surface area contributed by atoms with Crippen molar-refractivity contribution in [2.24, 2.45) is 0 Å². The van der Waals surface area contributed by atoms with Crippen molar-refractivity contribution in [1.29, 1.82) is 0 Å². The van der Waals surface area contributed by atoms with Crippen LogP contribution in [0.25, 0.3) is 0 Å². The first kappa shape index (κ1) is 11.9. The number of carbonyl (C=O) groups excluding carboxylic acids is 1. The fourth-order valence-electron chi connectivity index (χ4n) is 2.04. The predicted molar refractivity (Wildman–Crippen MR) is 65.9 cm³/mol. The molecule has 0 N–H and O–H groups in total. The molecule has 4 heteroatoms. The SMILES string of the molecule is CC(C)c1ccc(N2CCN(C)C2=O)cc1F. The monoisotopic (exact) mass is 236 g/mol. The summed E-state index contributed by atoms with van der Waals surface area (Å²) in [6.45, 7) is 5.21. The second-order valence-electron chi connectivity index (χ2n) is 4.72. The Morgan fingerprint density at radius 3 is 2.47 bits per heavy atom. The highest BCUT2D eigenvalue weighted by Gasteiger charge is 2.27. The summed E-state index contributed by atoms with van der Waals surface area (Å²) in [4.78, 5) is 15.0. The molecule has 1 heterocycles. The molecule has 0 spiro atoms. The van der Waals surface area contributed by atoms with Crippen LogP contribution in [-0.2, 0) is 0 Å². The average molecular weight is 236 g/mol. The number of anilines is 1. The Morgan fingerprint density at radius 2 is 2.00 bits per heavy atom. The van der Waals surface area contributed by atoms with Crippen molar-refractivity contribution in [3.8, 4) is 0 Å². The molecule has 0 saturated carbocycles. The maximum Gasteiger partial charge on any atom is 0.324 e. The molecule has 3 nitrogen and oxygen atoms in total. The number of hydrogen-bond donors (Lipinski definition) is 0. The fraction of sp³-hybridized carbons (Fsp3) is 0.462. The summed E-state index contributed by atoms with van der Waals surface area (Å²) in [6.07, 6.45) is 0. The molecular formula is C13H17FN2O. The van der Waals surface area contributed by atoms with E-state index in [-0.39, 0.29) is 17.8 Å². The highest BCUT2D eigenvalue weighted by Crippen LogP contribution is 2.25. The summed E-state index contributed by atoms with van der Waals surface area (Å²) in [5.41, 5.74) is 1.33. The number of urea groups is 1. The van der Waals surface area contributed by atoms with E-state index in [9.17, 15) is 9.18 Å². The minimum atomic E-state index is -0.236. The summed E-state index contributed by atoms with van der Waals surface area (Å²) in [5, 5.41) is 0. The van der Waals surface area contributed by atoms with Crippen LogP contribution in [0.15, 0.2) is 18.2 Å². The third-order valence-corrected chi connectivity index (χ3v) is 3.13. The minimum Gasteiger partial charge on any atom is -0.326 e. The third-order valence-electron chi connectivity index (χ3n) is 3.13. The maximum atomic E-state index is 13.8. The summed E-state index contributed by atoms with van der Waals surface area (Å²) < 4.78 is 13.8. The number of benzene rings is 1. The van der Waals surface area contributed by atoms with Crippen LogP contribution < -0.4 is 4.90 Å². The highest BCUT2D eigenvalue weighted by molar-refractivity contribution is 5.93. The van der Waals surface area contributed by atoms with Crippen LogP contribution in [0.5, 0.6) is 0 Å². The number of hydrogen-bond acceptors (Lipinski definition) is 1. The Morgan fingerprint density at radius 1 is 1.29 bits per heavy atom. The van der Waals surface area contributed by atoms with E-state index in [1.54, 1.807) is 22.9 Å². The Kier molecular flexibility index (Phi) is 3.05. The molecule has 17 heavy (non-hydrogen) atoms. The molecule has 1 aromatic carbocycles. The molecule has 0 bridgehead atoms. The van der Waals surface area contributed by atoms with Gasteiger partial charge in [0.05, 0.1) is 0 Å². The van der Waals surface area contributed by atoms with Gasteiger partial charge in [-0.2, -0.15) is 0 Å². The molecule has 0 unspecified atom stereocenters. The lowest BCUT2D eigenvalue weighted by Crippen LogP contribution is -2.29. The molecule has 0 aliphatic carbocycles. The van der Waals surface area contributed by atoms with Crippen LogP contribution in [0.3, 0.4) is 0 Å². The topological polar surface area (TPSA) is 23.6 Å². The highest BCUT2D eigenvalue weighted by atomic mass is 19.1. The number of nitrogens with zero attached hydrogens (tertiary/aromatic N) is 2. The molecular weight excluding hydrogens is 219 g/mol. The van der Waals surface area contributed by atoms with E-state index in [0.717, 1.165) is 0 Å². The Hall–Kier alpha value is -1.58. The summed E-state index contributed by atoms with van der Waals surface area (Å²) >= 11 is 0. The molecule has 2 amide bonds. The molecule has 2 rings (SSSR count). The van der Waals surface area contributed by atoms with Crippen molar-refractivity contribution in [3.05, 3.63) is 29.6 Å². The van der Waals surface area contributed by atoms with Gasteiger partial charge in [-0.05, 0) is 23.6 Å². The van der Waals surface area contributed by atoms with Gasteiger partial charge in [0.15, 0.2) is 0 Å². The zero-order valence-electron chi connectivity index (χ0n) is 10.4. The normalized spacial score (nSPS) is 16.2. The van der Waals surface area contributed by atoms with Crippen LogP contribution in [0.1, 0.15) is 25.3 Å². The van der Waals surface area contributed by atoms with E-state index in [0.29, 0.717) is 24.3 Å². The number of halogens is 1. The molecule has 0 radical (unpaired) electrons. The van der Waals surface area contributed by atoms with E-state index >= 15 is 0 Å². The predicted octanol–water partition coefficient (Wildman–Crippen LogP) is 2.82. The Balaban J connectivity index is 2.29. The first-order valence-corrected chi connectivity index (χ1v) is 5.83. The lowest BCUT2D eigenvalue weighted by atomic mass is 10.0. The smallest absolute Gasteiger partial charge is 0.324 e. The molecule has 92 valence electrons. The molecule has 0 aromatic heterocycles. The van der Waals surface area contributed by atoms with E-state index < -0.39 is 0 Å². The van der Waals surface area contributed by atoms with Crippen LogP contribution >= 0.6 is 0 Å². The molecule has 1 fully saturated rings. The summed E-state index contributed by atoms with van der Waals surface area (Å²) in [7, 11) is 1.75. The minimum absolute atomic E-state index is 0.0679. The standard InChI is InChI=1S/C13H17FN2O/c1-9(2)11-5-4-10(8-12(11)14)16-7-6-15(3)13(16)17/h4-5,8-9H,6-7H2,1-3H3. The summed E-state index contributed by atoms with van der Waals surface area (Å²) in [5.74, 6) is -0.0825. The largest absolute Gasteiger partial charge is 0.326 e. The van der Waals surface area contributed by atoms with Gasteiger partial charge in [-0.3, -0.25) is 4.90 Å². The van der Waals surface area contributed by atoms with E-state index in [1.165, 1.54) is 6.07 Å². The quantitative estimate of drug-likeness (QED) is 0.774. The Bertz CT molecular complexity index is 445. The zero-order chi connectivity index (χ0) is 12.6. The lowest BCUT2D eigenvalue weighted by Gasteiger charge is -2.17. The molecule has 1 aromatic rings. The van der Waals surface area contributed by atoms with Gasteiger partial charge in [0, 0.05) is 25.8 Å². The maximum absolute atomic E-state index is 13.8. The van der Waals surface area contributed by atoms with Gasteiger partial charge in [0.25, 0.3) is 0 Å². The third kappa shape index (κ3) is 2.12. The van der Waals surface area contributed by atoms with Crippen LogP contribution in [-0.4, -0.2) is 31.1 Å². The van der Waals surface area contributed by atoms with Crippen LogP contribution in [0.4, 0.5) is 14.9 Å². The molecule has 1 aliphatic rings. The number of rotatable bonds is 2. The lowest BCUT2D eigenvalue weighted by molar-refractivity contribution is 0.229. The van der Waals surface area contributed by atoms with Crippen molar-refractivity contribution in [2.45, 2.75) is 19.8 Å². The Labute approximate surface area is 101 Å². The first-order chi connectivity index (χ1) is 8.00. The number of likely N-dealkylation sites (N-methyl/N-ethyl adjacent to an activating group) is 1. The first-order valence-electron chi connectivity index (χ1n) is 5.83. The van der Waals surface area contributed by atoms with Gasteiger partial charge in [0.1, 0.15) is 5.82 Å². The van der Waals surface area contributed by atoms with Gasteiger partial charge >= 0.3 is 6.03 Å². The van der Waals surface area contributed by atoms with Crippen molar-refractivity contribution >= 4 is 11.7 Å². The van der Waals surface area contributed by atoms with Gasteiger partial charge in [-0.15, -0.1) is 0 Å². The molecule has 1 saturated heterocycles. The summed E-state index contributed by atoms with van der Waals surface area (Å²) in [6, 6.07) is 4.96. The number of amides is 2. The van der Waals surface area contributed by atoms with Crippen molar-refractivity contribution in [1.82, 2.24) is 4.90 Å².